The predicted octanol–water partition coefficient (Wildman–Crippen LogP) is 6.30. The van der Waals surface area contributed by atoms with Crippen LogP contribution in [0.15, 0.2) is 6.07 Å². The van der Waals surface area contributed by atoms with Crippen molar-refractivity contribution >= 4 is 22.0 Å². The standard InChI is InChI=1S/C6HF4.3C4H9.Sn/c7-3-1-2-4(8)6(10)5(3)9;3*1-3-4-2;/h1H;3*1,3-4H2,2H3;. The van der Waals surface area contributed by atoms with Crippen molar-refractivity contribution in [3.05, 3.63) is 29.3 Å². The van der Waals surface area contributed by atoms with Gasteiger partial charge in [-0.3, -0.25) is 0 Å². The second-order valence-electron chi connectivity index (χ2n) is 6.44. The fraction of sp³-hybridized carbons (Fsp3) is 0.667. The van der Waals surface area contributed by atoms with Crippen LogP contribution < -0.4 is 3.58 Å². The second-order valence-corrected chi connectivity index (χ2v) is 19.6. The molecule has 132 valence electrons. The molecule has 0 aromatic heterocycles. The fourth-order valence-electron chi connectivity index (χ4n) is 3.28. The van der Waals surface area contributed by atoms with Crippen molar-refractivity contribution in [2.45, 2.75) is 72.6 Å². The molecule has 0 amide bonds. The van der Waals surface area contributed by atoms with Gasteiger partial charge in [0.15, 0.2) is 0 Å². The van der Waals surface area contributed by atoms with Crippen LogP contribution in [-0.4, -0.2) is 18.4 Å². The van der Waals surface area contributed by atoms with Gasteiger partial charge in [-0.25, -0.2) is 0 Å². The summed E-state index contributed by atoms with van der Waals surface area (Å²) in [5.74, 6) is -5.69. The van der Waals surface area contributed by atoms with E-state index in [-0.39, 0.29) is 3.58 Å². The van der Waals surface area contributed by atoms with Crippen LogP contribution in [0, 0.1) is 23.3 Å². The maximum atomic E-state index is 14.5. The summed E-state index contributed by atoms with van der Waals surface area (Å²) in [4.78, 5) is 0. The van der Waals surface area contributed by atoms with Gasteiger partial charge in [-0.2, -0.15) is 0 Å². The summed E-state index contributed by atoms with van der Waals surface area (Å²) in [6.07, 6.45) is 5.77. The third-order valence-corrected chi connectivity index (χ3v) is 20.2. The Labute approximate surface area is 141 Å². The number of unbranched alkanes of at least 4 members (excludes halogenated alkanes) is 3. The molecule has 0 saturated carbocycles. The second kappa shape index (κ2) is 9.90. The molecule has 1 aromatic rings. The van der Waals surface area contributed by atoms with Crippen LogP contribution in [0.1, 0.15) is 59.3 Å². The molecule has 1 rings (SSSR count). The molecular weight excluding hydrogens is 411 g/mol. The molecule has 0 nitrogen and oxygen atoms in total. The maximum absolute atomic E-state index is 14.5. The Morgan fingerprint density at radius 3 is 1.52 bits per heavy atom. The summed E-state index contributed by atoms with van der Waals surface area (Å²) in [6, 6.07) is 0.977. The van der Waals surface area contributed by atoms with Gasteiger partial charge < -0.3 is 0 Å². The predicted molar refractivity (Wildman–Crippen MR) is 90.8 cm³/mol. The van der Waals surface area contributed by atoms with Gasteiger partial charge >= 0.3 is 141 Å². The monoisotopic (exact) mass is 440 g/mol. The Balaban J connectivity index is 3.40. The van der Waals surface area contributed by atoms with Gasteiger partial charge in [0.05, 0.1) is 0 Å². The number of hydrogen-bond acceptors (Lipinski definition) is 0. The van der Waals surface area contributed by atoms with Crippen LogP contribution in [0.4, 0.5) is 17.6 Å². The molecule has 0 bridgehead atoms. The topological polar surface area (TPSA) is 0 Å². The van der Waals surface area contributed by atoms with E-state index < -0.39 is 41.6 Å². The van der Waals surface area contributed by atoms with Crippen LogP contribution in [0.5, 0.6) is 0 Å². The van der Waals surface area contributed by atoms with Gasteiger partial charge in [0.1, 0.15) is 0 Å². The summed E-state index contributed by atoms with van der Waals surface area (Å²) in [7, 11) is 0. The van der Waals surface area contributed by atoms with E-state index in [0.29, 0.717) is 0 Å². The molecule has 0 heterocycles. The zero-order valence-corrected chi connectivity index (χ0v) is 17.3. The summed E-state index contributed by atoms with van der Waals surface area (Å²) in [6.45, 7) is 6.20. The molecule has 5 heteroatoms. The van der Waals surface area contributed by atoms with Gasteiger partial charge in [-0.05, 0) is 0 Å². The van der Waals surface area contributed by atoms with Gasteiger partial charge in [0, 0.05) is 0 Å². The van der Waals surface area contributed by atoms with Gasteiger partial charge in [-0.15, -0.1) is 0 Å². The van der Waals surface area contributed by atoms with Crippen molar-refractivity contribution < 1.29 is 17.6 Å². The molecule has 0 saturated heterocycles. The van der Waals surface area contributed by atoms with Crippen molar-refractivity contribution in [1.82, 2.24) is 0 Å². The van der Waals surface area contributed by atoms with Crippen LogP contribution in [0.3, 0.4) is 0 Å². The first-order valence-corrected chi connectivity index (χ1v) is 16.2. The van der Waals surface area contributed by atoms with Crippen LogP contribution in [-0.2, 0) is 0 Å². The van der Waals surface area contributed by atoms with Crippen LogP contribution in [0.25, 0.3) is 0 Å². The van der Waals surface area contributed by atoms with E-state index in [1.807, 2.05) is 0 Å². The molecular formula is C18H28F4Sn. The molecule has 0 aliphatic rings. The summed E-state index contributed by atoms with van der Waals surface area (Å²) < 4.78 is 58.3. The van der Waals surface area contributed by atoms with Crippen molar-refractivity contribution in [3.63, 3.8) is 0 Å². The molecule has 0 N–H and O–H groups in total. The third-order valence-electron chi connectivity index (χ3n) is 4.70. The number of rotatable bonds is 10. The zero-order valence-electron chi connectivity index (χ0n) is 14.5. The molecule has 0 aliphatic heterocycles. The van der Waals surface area contributed by atoms with E-state index in [0.717, 1.165) is 57.9 Å². The van der Waals surface area contributed by atoms with E-state index in [1.165, 1.54) is 0 Å². The van der Waals surface area contributed by atoms with E-state index in [4.69, 9.17) is 0 Å². The molecule has 0 radical (unpaired) electrons. The van der Waals surface area contributed by atoms with Crippen molar-refractivity contribution in [2.24, 2.45) is 0 Å². The van der Waals surface area contributed by atoms with Crippen LogP contribution in [0.2, 0.25) is 13.3 Å². The number of hydrogen-bond donors (Lipinski definition) is 0. The van der Waals surface area contributed by atoms with Crippen molar-refractivity contribution in [3.8, 4) is 0 Å². The Morgan fingerprint density at radius 2 is 1.13 bits per heavy atom. The number of halogens is 4. The van der Waals surface area contributed by atoms with E-state index in [1.54, 1.807) is 0 Å². The summed E-state index contributed by atoms with van der Waals surface area (Å²) in [5, 5.41) is 0. The Morgan fingerprint density at radius 1 is 0.696 bits per heavy atom. The quantitative estimate of drug-likeness (QED) is 0.174. The zero-order chi connectivity index (χ0) is 17.5. The Bertz CT molecular complexity index is 481. The first kappa shape index (κ1) is 20.8. The summed E-state index contributed by atoms with van der Waals surface area (Å²) in [5.41, 5.74) is 0. The molecule has 0 unspecified atom stereocenters. The van der Waals surface area contributed by atoms with Crippen molar-refractivity contribution in [2.75, 3.05) is 0 Å². The normalized spacial score (nSPS) is 12.0. The van der Waals surface area contributed by atoms with E-state index in [9.17, 15) is 17.6 Å². The SMILES string of the molecule is CCC[CH2][Sn]([CH2]CCC)([CH2]CCC)[c]1cc(F)c(F)c(F)c1F. The first-order chi connectivity index (χ1) is 10.9. The fourth-order valence-corrected chi connectivity index (χ4v) is 19.4. The third kappa shape index (κ3) is 5.10. The van der Waals surface area contributed by atoms with Crippen molar-refractivity contribution in [1.29, 1.82) is 0 Å². The molecule has 0 spiro atoms. The van der Waals surface area contributed by atoms with Gasteiger partial charge in [0.25, 0.3) is 0 Å². The van der Waals surface area contributed by atoms with E-state index in [2.05, 4.69) is 20.8 Å². The summed E-state index contributed by atoms with van der Waals surface area (Å²) >= 11 is -3.30. The molecule has 1 aromatic carbocycles. The Hall–Kier alpha value is -0.261. The Kier molecular flexibility index (Phi) is 8.94. The average molecular weight is 439 g/mol. The van der Waals surface area contributed by atoms with Crippen LogP contribution >= 0.6 is 0 Å². The number of benzene rings is 1. The molecule has 0 fully saturated rings. The first-order valence-electron chi connectivity index (χ1n) is 8.77. The van der Waals surface area contributed by atoms with Gasteiger partial charge in [0.2, 0.25) is 0 Å². The minimum atomic E-state index is -3.30. The molecule has 23 heavy (non-hydrogen) atoms. The van der Waals surface area contributed by atoms with E-state index >= 15 is 0 Å². The van der Waals surface area contributed by atoms with Gasteiger partial charge in [-0.1, -0.05) is 0 Å². The minimum absolute atomic E-state index is 0.228. The molecule has 0 aliphatic carbocycles. The average Bonchev–Trinajstić information content (AvgIpc) is 2.56. The molecule has 0 atom stereocenters.